The van der Waals surface area contributed by atoms with Gasteiger partial charge in [0.15, 0.2) is 0 Å². The van der Waals surface area contributed by atoms with Crippen LogP contribution in [0.1, 0.15) is 38.2 Å². The van der Waals surface area contributed by atoms with Crippen LogP contribution < -0.4 is 10.6 Å². The molecule has 0 aliphatic carbocycles. The fraction of sp³-hybridized carbons (Fsp3) is 0.692. The molecular weight excluding hydrogens is 212 g/mol. The molecule has 17 heavy (non-hydrogen) atoms. The lowest BCUT2D eigenvalue weighted by Crippen LogP contribution is -2.40. The van der Waals surface area contributed by atoms with Crippen molar-refractivity contribution < 1.29 is 0 Å². The van der Waals surface area contributed by atoms with E-state index in [0.717, 1.165) is 44.6 Å². The topological polar surface area (TPSA) is 55.0 Å². The van der Waals surface area contributed by atoms with Gasteiger partial charge in [-0.05, 0) is 19.3 Å². The van der Waals surface area contributed by atoms with Crippen LogP contribution in [0, 0.1) is 0 Å². The van der Waals surface area contributed by atoms with Gasteiger partial charge >= 0.3 is 0 Å². The first kappa shape index (κ1) is 12.3. The fourth-order valence-electron chi connectivity index (χ4n) is 2.29. The molecule has 2 heterocycles. The summed E-state index contributed by atoms with van der Waals surface area (Å²) in [6, 6.07) is 0.368. The summed E-state index contributed by atoms with van der Waals surface area (Å²) in [6.45, 7) is 6.31. The molecule has 0 atom stereocenters. The molecule has 0 unspecified atom stereocenters. The van der Waals surface area contributed by atoms with Crippen molar-refractivity contribution in [3.05, 3.63) is 17.7 Å². The van der Waals surface area contributed by atoms with Gasteiger partial charge < -0.3 is 10.6 Å². The molecule has 1 aliphatic heterocycles. The molecule has 0 saturated carbocycles. The maximum absolute atomic E-state index is 5.93. The minimum atomic E-state index is 0.368. The number of nitrogens with two attached hydrogens (primary N) is 1. The summed E-state index contributed by atoms with van der Waals surface area (Å²) < 4.78 is 0. The van der Waals surface area contributed by atoms with E-state index in [4.69, 9.17) is 5.73 Å². The molecule has 1 saturated heterocycles. The molecule has 0 aromatic carbocycles. The Morgan fingerprint density at radius 2 is 2.00 bits per heavy atom. The average Bonchev–Trinajstić information content (AvgIpc) is 2.39. The summed E-state index contributed by atoms with van der Waals surface area (Å²) in [7, 11) is 0. The number of aryl methyl sites for hydroxylation is 2. The Hall–Kier alpha value is -1.16. The number of piperidine rings is 1. The highest BCUT2D eigenvalue weighted by atomic mass is 15.2. The average molecular weight is 234 g/mol. The highest BCUT2D eigenvalue weighted by Gasteiger charge is 2.19. The van der Waals surface area contributed by atoms with Crippen molar-refractivity contribution in [2.45, 2.75) is 45.6 Å². The minimum absolute atomic E-state index is 0.368. The second-order valence-electron chi connectivity index (χ2n) is 4.65. The molecule has 1 aliphatic rings. The van der Waals surface area contributed by atoms with Crippen molar-refractivity contribution in [3.8, 4) is 0 Å². The van der Waals surface area contributed by atoms with Crippen LogP contribution >= 0.6 is 0 Å². The Balaban J connectivity index is 2.19. The normalized spacial score (nSPS) is 17.5. The molecule has 1 fully saturated rings. The molecule has 0 spiro atoms. The Labute approximate surface area is 103 Å². The second-order valence-corrected chi connectivity index (χ2v) is 4.65. The zero-order valence-electron chi connectivity index (χ0n) is 10.8. The molecule has 2 rings (SSSR count). The van der Waals surface area contributed by atoms with Gasteiger partial charge in [0, 0.05) is 25.6 Å². The van der Waals surface area contributed by atoms with Crippen LogP contribution in [-0.4, -0.2) is 29.1 Å². The maximum atomic E-state index is 5.93. The monoisotopic (exact) mass is 234 g/mol. The van der Waals surface area contributed by atoms with Gasteiger partial charge in [-0.3, -0.25) is 0 Å². The van der Waals surface area contributed by atoms with E-state index in [0.29, 0.717) is 6.04 Å². The van der Waals surface area contributed by atoms with Gasteiger partial charge in [0.25, 0.3) is 0 Å². The van der Waals surface area contributed by atoms with Crippen molar-refractivity contribution in [1.82, 2.24) is 9.97 Å². The van der Waals surface area contributed by atoms with E-state index in [2.05, 4.69) is 28.7 Å². The molecule has 0 radical (unpaired) electrons. The van der Waals surface area contributed by atoms with Crippen molar-refractivity contribution in [2.24, 2.45) is 5.73 Å². The SMILES string of the molecule is CCc1ncc(N2CCC(N)CC2)c(CC)n1. The molecule has 0 bridgehead atoms. The Morgan fingerprint density at radius 1 is 1.29 bits per heavy atom. The van der Waals surface area contributed by atoms with Crippen LogP contribution in [0.5, 0.6) is 0 Å². The lowest BCUT2D eigenvalue weighted by atomic mass is 10.1. The second kappa shape index (κ2) is 5.45. The maximum Gasteiger partial charge on any atom is 0.128 e. The third-order valence-corrected chi connectivity index (χ3v) is 3.43. The highest BCUT2D eigenvalue weighted by Crippen LogP contribution is 2.22. The molecule has 1 aromatic rings. The number of nitrogens with zero attached hydrogens (tertiary/aromatic N) is 3. The molecule has 4 nitrogen and oxygen atoms in total. The van der Waals surface area contributed by atoms with Crippen LogP contribution in [0.25, 0.3) is 0 Å². The van der Waals surface area contributed by atoms with E-state index in [-0.39, 0.29) is 0 Å². The van der Waals surface area contributed by atoms with E-state index in [9.17, 15) is 0 Å². The van der Waals surface area contributed by atoms with Gasteiger partial charge in [-0.1, -0.05) is 13.8 Å². The summed E-state index contributed by atoms with van der Waals surface area (Å²) in [5.41, 5.74) is 8.31. The number of hydrogen-bond acceptors (Lipinski definition) is 4. The van der Waals surface area contributed by atoms with Gasteiger partial charge in [-0.15, -0.1) is 0 Å². The van der Waals surface area contributed by atoms with Crippen molar-refractivity contribution >= 4 is 5.69 Å². The molecular formula is C13H22N4. The smallest absolute Gasteiger partial charge is 0.128 e. The third-order valence-electron chi connectivity index (χ3n) is 3.43. The minimum Gasteiger partial charge on any atom is -0.369 e. The largest absolute Gasteiger partial charge is 0.369 e. The van der Waals surface area contributed by atoms with E-state index >= 15 is 0 Å². The summed E-state index contributed by atoms with van der Waals surface area (Å²) >= 11 is 0. The van der Waals surface area contributed by atoms with E-state index in [1.54, 1.807) is 0 Å². The predicted octanol–water partition coefficient (Wildman–Crippen LogP) is 1.53. The fourth-order valence-corrected chi connectivity index (χ4v) is 2.29. The number of aromatic nitrogens is 2. The van der Waals surface area contributed by atoms with Gasteiger partial charge in [-0.2, -0.15) is 0 Å². The van der Waals surface area contributed by atoms with Crippen molar-refractivity contribution in [1.29, 1.82) is 0 Å². The third kappa shape index (κ3) is 2.75. The lowest BCUT2D eigenvalue weighted by Gasteiger charge is -2.32. The van der Waals surface area contributed by atoms with Crippen LogP contribution in [0.4, 0.5) is 5.69 Å². The summed E-state index contributed by atoms with van der Waals surface area (Å²) in [5.74, 6) is 0.944. The first-order chi connectivity index (χ1) is 8.24. The first-order valence-electron chi connectivity index (χ1n) is 6.59. The van der Waals surface area contributed by atoms with Crippen LogP contribution in [0.2, 0.25) is 0 Å². The molecule has 94 valence electrons. The van der Waals surface area contributed by atoms with Crippen LogP contribution in [0.15, 0.2) is 6.20 Å². The molecule has 1 aromatic heterocycles. The number of rotatable bonds is 3. The van der Waals surface area contributed by atoms with Gasteiger partial charge in [-0.25, -0.2) is 9.97 Å². The number of anilines is 1. The summed E-state index contributed by atoms with van der Waals surface area (Å²) in [5, 5.41) is 0. The molecule has 0 amide bonds. The summed E-state index contributed by atoms with van der Waals surface area (Å²) in [4.78, 5) is 11.4. The quantitative estimate of drug-likeness (QED) is 0.861. The lowest BCUT2D eigenvalue weighted by molar-refractivity contribution is 0.499. The Morgan fingerprint density at radius 3 is 2.59 bits per heavy atom. The number of hydrogen-bond donors (Lipinski definition) is 1. The predicted molar refractivity (Wildman–Crippen MR) is 70.2 cm³/mol. The van der Waals surface area contributed by atoms with Crippen molar-refractivity contribution in [2.75, 3.05) is 18.0 Å². The van der Waals surface area contributed by atoms with Crippen LogP contribution in [-0.2, 0) is 12.8 Å². The zero-order valence-corrected chi connectivity index (χ0v) is 10.8. The van der Waals surface area contributed by atoms with E-state index < -0.39 is 0 Å². The van der Waals surface area contributed by atoms with E-state index in [1.807, 2.05) is 6.20 Å². The Bertz CT molecular complexity index is 370. The highest BCUT2D eigenvalue weighted by molar-refractivity contribution is 5.49. The summed E-state index contributed by atoms with van der Waals surface area (Å²) in [6.07, 6.45) is 5.99. The first-order valence-corrected chi connectivity index (χ1v) is 6.59. The Kier molecular flexibility index (Phi) is 3.94. The van der Waals surface area contributed by atoms with E-state index in [1.165, 1.54) is 11.4 Å². The van der Waals surface area contributed by atoms with Gasteiger partial charge in [0.2, 0.25) is 0 Å². The van der Waals surface area contributed by atoms with Gasteiger partial charge in [0.05, 0.1) is 17.6 Å². The molecule has 4 heteroatoms. The van der Waals surface area contributed by atoms with Crippen molar-refractivity contribution in [3.63, 3.8) is 0 Å². The van der Waals surface area contributed by atoms with Gasteiger partial charge in [0.1, 0.15) is 5.82 Å². The standard InChI is InChI=1S/C13H22N4/c1-3-11-12(9-15-13(4-2)16-11)17-7-5-10(14)6-8-17/h9-10H,3-8,14H2,1-2H3. The zero-order chi connectivity index (χ0) is 12.3. The molecule has 2 N–H and O–H groups in total. The van der Waals surface area contributed by atoms with Crippen LogP contribution in [0.3, 0.4) is 0 Å².